The molecule has 0 radical (unpaired) electrons. The van der Waals surface area contributed by atoms with Crippen molar-refractivity contribution >= 4 is 70.8 Å². The van der Waals surface area contributed by atoms with Crippen LogP contribution in [0.25, 0.3) is 97.9 Å². The average molecular weight is 829 g/mol. The Balaban J connectivity index is 0.000000311. The monoisotopic (exact) mass is 828 g/mol. The van der Waals surface area contributed by atoms with Crippen molar-refractivity contribution in [2.45, 2.75) is 4.90 Å². The molecule has 1 aliphatic heterocycles. The molecule has 2 nitrogen and oxygen atoms in total. The van der Waals surface area contributed by atoms with Crippen molar-refractivity contribution in [3.63, 3.8) is 0 Å². The molecular formula is C58H40N2S2. The van der Waals surface area contributed by atoms with Gasteiger partial charge in [0.05, 0.1) is 21.4 Å². The Bertz CT molecular complexity index is 3420. The highest BCUT2D eigenvalue weighted by molar-refractivity contribution is 8.02. The van der Waals surface area contributed by atoms with Gasteiger partial charge in [0.25, 0.3) is 0 Å². The number of rotatable bonds is 5. The van der Waals surface area contributed by atoms with Crippen molar-refractivity contribution in [2.75, 3.05) is 0 Å². The Kier molecular flexibility index (Phi) is 9.86. The molecule has 4 heterocycles. The molecule has 1 N–H and O–H groups in total. The maximum absolute atomic E-state index is 4.51. The minimum atomic E-state index is 0.999. The van der Waals surface area contributed by atoms with Crippen molar-refractivity contribution in [1.29, 1.82) is 0 Å². The second kappa shape index (κ2) is 16.2. The van der Waals surface area contributed by atoms with Gasteiger partial charge in [-0.15, -0.1) is 11.3 Å². The zero-order valence-corrected chi connectivity index (χ0v) is 35.5. The number of hydrogen-bond acceptors (Lipinski definition) is 2. The van der Waals surface area contributed by atoms with Crippen molar-refractivity contribution in [3.05, 3.63) is 236 Å². The van der Waals surface area contributed by atoms with E-state index in [1.54, 1.807) is 11.8 Å². The summed E-state index contributed by atoms with van der Waals surface area (Å²) in [6.07, 6.45) is 6.28. The van der Waals surface area contributed by atoms with E-state index >= 15 is 0 Å². The third-order valence-electron chi connectivity index (χ3n) is 11.7. The number of aromatic amines is 1. The number of H-pyrrole nitrogens is 1. The molecule has 62 heavy (non-hydrogen) atoms. The number of nitrogens with one attached hydrogen (secondary N) is 1. The molecule has 4 heteroatoms. The quantitative estimate of drug-likeness (QED) is 0.183. The first-order chi connectivity index (χ1) is 30.7. The van der Waals surface area contributed by atoms with Gasteiger partial charge in [0.1, 0.15) is 0 Å². The van der Waals surface area contributed by atoms with Gasteiger partial charge in [0, 0.05) is 37.0 Å². The van der Waals surface area contributed by atoms with Gasteiger partial charge >= 0.3 is 0 Å². The van der Waals surface area contributed by atoms with Gasteiger partial charge in [-0.1, -0.05) is 194 Å². The fraction of sp³-hybridized carbons (Fsp3) is 0. The fourth-order valence-electron chi connectivity index (χ4n) is 8.59. The summed E-state index contributed by atoms with van der Waals surface area (Å²) in [7, 11) is 0. The van der Waals surface area contributed by atoms with E-state index < -0.39 is 0 Å². The molecule has 0 atom stereocenters. The van der Waals surface area contributed by atoms with Gasteiger partial charge in [0.2, 0.25) is 0 Å². The summed E-state index contributed by atoms with van der Waals surface area (Å²) in [4.78, 5) is 4.90. The molecular weight excluding hydrogens is 789 g/mol. The molecule has 1 aliphatic rings. The minimum Gasteiger partial charge on any atom is -0.353 e. The Morgan fingerprint density at radius 3 is 1.61 bits per heavy atom. The molecule has 0 saturated heterocycles. The van der Waals surface area contributed by atoms with Crippen LogP contribution in [0.3, 0.4) is 0 Å². The lowest BCUT2D eigenvalue weighted by molar-refractivity contribution is 1.08. The molecule has 0 bridgehead atoms. The van der Waals surface area contributed by atoms with E-state index in [-0.39, 0.29) is 0 Å². The summed E-state index contributed by atoms with van der Waals surface area (Å²) < 4.78 is 5.02. The van der Waals surface area contributed by atoms with Gasteiger partial charge in [-0.3, -0.25) is 0 Å². The standard InChI is InChI=1S/C46H30N2S2.C12H10/c1-29-9-7-8-26-49-46-39-28-35(21-25-41(39)48(44(29)46)36-22-18-31(19-23-36)30-10-3-2-4-11-30)33-16-14-32(15-17-33)34-20-24-40-38(27-34)45-43(47-40)37-12-5-6-13-42(37)50-45;1-3-7-11(8-4-1)12-9-5-2-6-10-12/h2-28,47H,1H2;1-10H/b9-7-,26-8-;. The fourth-order valence-corrected chi connectivity index (χ4v) is 10.7. The van der Waals surface area contributed by atoms with Crippen molar-refractivity contribution in [2.24, 2.45) is 0 Å². The van der Waals surface area contributed by atoms with Crippen molar-refractivity contribution in [1.82, 2.24) is 9.55 Å². The minimum absolute atomic E-state index is 0.999. The molecule has 12 rings (SSSR count). The van der Waals surface area contributed by atoms with E-state index in [1.807, 2.05) is 23.5 Å². The lowest BCUT2D eigenvalue weighted by Gasteiger charge is -2.14. The van der Waals surface area contributed by atoms with Gasteiger partial charge in [0.15, 0.2) is 0 Å². The molecule has 8 aromatic carbocycles. The largest absolute Gasteiger partial charge is 0.353 e. The number of thioether (sulfide) groups is 1. The number of fused-ring (bicyclic) bond motifs is 8. The summed E-state index contributed by atoms with van der Waals surface area (Å²) in [5.41, 5.74) is 16.7. The van der Waals surface area contributed by atoms with Crippen LogP contribution in [-0.4, -0.2) is 9.55 Å². The Morgan fingerprint density at radius 2 is 0.968 bits per heavy atom. The van der Waals surface area contributed by atoms with Crippen LogP contribution in [0.2, 0.25) is 0 Å². The lowest BCUT2D eigenvalue weighted by atomic mass is 9.99. The first kappa shape index (κ1) is 37.6. The number of allylic oxidation sites excluding steroid dienone is 4. The summed E-state index contributed by atoms with van der Waals surface area (Å²) in [6.45, 7) is 4.51. The number of nitrogens with zero attached hydrogens (tertiary/aromatic N) is 1. The number of thiophene rings is 1. The molecule has 0 unspecified atom stereocenters. The third-order valence-corrected chi connectivity index (χ3v) is 13.8. The number of benzene rings is 8. The second-order valence-electron chi connectivity index (χ2n) is 15.5. The highest BCUT2D eigenvalue weighted by Crippen LogP contribution is 2.44. The Hall–Kier alpha value is -7.37. The first-order valence-electron chi connectivity index (χ1n) is 20.8. The van der Waals surface area contributed by atoms with Crippen LogP contribution in [0.5, 0.6) is 0 Å². The maximum atomic E-state index is 4.51. The zero-order chi connectivity index (χ0) is 41.4. The normalized spacial score (nSPS) is 13.4. The summed E-state index contributed by atoms with van der Waals surface area (Å²) in [6, 6.07) is 71.5. The molecule has 0 fully saturated rings. The average Bonchev–Trinajstić information content (AvgIpc) is 3.99. The molecule has 11 aromatic rings. The smallest absolute Gasteiger partial charge is 0.0674 e. The van der Waals surface area contributed by atoms with Crippen molar-refractivity contribution < 1.29 is 0 Å². The van der Waals surface area contributed by atoms with Crippen LogP contribution in [0.4, 0.5) is 0 Å². The van der Waals surface area contributed by atoms with Crippen LogP contribution < -0.4 is 0 Å². The van der Waals surface area contributed by atoms with Crippen LogP contribution >= 0.6 is 23.1 Å². The Labute approximate surface area is 369 Å². The molecule has 0 spiro atoms. The lowest BCUT2D eigenvalue weighted by Crippen LogP contribution is -1.99. The highest BCUT2D eigenvalue weighted by atomic mass is 32.2. The van der Waals surface area contributed by atoms with E-state index in [1.165, 1.54) is 91.5 Å². The van der Waals surface area contributed by atoms with Gasteiger partial charge in [-0.25, -0.2) is 0 Å². The summed E-state index contributed by atoms with van der Waals surface area (Å²) in [5, 5.41) is 5.97. The third kappa shape index (κ3) is 6.99. The maximum Gasteiger partial charge on any atom is 0.0674 e. The van der Waals surface area contributed by atoms with Crippen LogP contribution in [-0.2, 0) is 0 Å². The van der Waals surface area contributed by atoms with Crippen LogP contribution in [0.15, 0.2) is 235 Å². The zero-order valence-electron chi connectivity index (χ0n) is 33.8. The predicted octanol–water partition coefficient (Wildman–Crippen LogP) is 17.0. The summed E-state index contributed by atoms with van der Waals surface area (Å²) in [5.74, 6) is 0. The van der Waals surface area contributed by atoms with E-state index in [0.717, 1.165) is 17.0 Å². The highest BCUT2D eigenvalue weighted by Gasteiger charge is 2.21. The van der Waals surface area contributed by atoms with E-state index in [4.69, 9.17) is 0 Å². The van der Waals surface area contributed by atoms with Gasteiger partial charge in [-0.05, 0) is 98.0 Å². The number of aromatic nitrogens is 2. The Morgan fingerprint density at radius 1 is 0.452 bits per heavy atom. The van der Waals surface area contributed by atoms with Gasteiger partial charge in [-0.2, -0.15) is 0 Å². The van der Waals surface area contributed by atoms with Crippen molar-refractivity contribution in [3.8, 4) is 50.2 Å². The molecule has 0 saturated carbocycles. The topological polar surface area (TPSA) is 20.7 Å². The second-order valence-corrected chi connectivity index (χ2v) is 17.5. The van der Waals surface area contributed by atoms with Crippen LogP contribution in [0.1, 0.15) is 5.69 Å². The first-order valence-corrected chi connectivity index (χ1v) is 22.5. The predicted molar refractivity (Wildman–Crippen MR) is 269 cm³/mol. The molecule has 294 valence electrons. The molecule has 0 aliphatic carbocycles. The van der Waals surface area contributed by atoms with Crippen LogP contribution in [0, 0.1) is 0 Å². The van der Waals surface area contributed by atoms with E-state index in [0.29, 0.717) is 0 Å². The molecule has 3 aromatic heterocycles. The summed E-state index contributed by atoms with van der Waals surface area (Å²) >= 11 is 3.63. The molecule has 0 amide bonds. The SMILES string of the molecule is C=C1/C=C\C=C/Sc2c1n(-c1ccc(-c3ccccc3)cc1)c1ccc(-c3ccc(-c4ccc5[nH]c6c7ccccc7sc6c5c4)cc3)cc21.c1ccc(-c2ccccc2)cc1. The van der Waals surface area contributed by atoms with Gasteiger partial charge < -0.3 is 9.55 Å². The van der Waals surface area contributed by atoms with E-state index in [9.17, 15) is 0 Å². The number of hydrogen-bond donors (Lipinski definition) is 1. The van der Waals surface area contributed by atoms with E-state index in [2.05, 4.69) is 228 Å².